The maximum absolute atomic E-state index is 12.7. The van der Waals surface area contributed by atoms with E-state index in [0.717, 1.165) is 25.3 Å². The highest BCUT2D eigenvalue weighted by atomic mass is 35.5. The third-order valence-corrected chi connectivity index (χ3v) is 3.32. The molecule has 0 amide bonds. The van der Waals surface area contributed by atoms with Gasteiger partial charge in [-0.2, -0.15) is 13.2 Å². The van der Waals surface area contributed by atoms with Crippen LogP contribution in [0.25, 0.3) is 0 Å². The van der Waals surface area contributed by atoms with E-state index in [1.807, 2.05) is 6.92 Å². The predicted octanol–water partition coefficient (Wildman–Crippen LogP) is 5.44. The normalized spacial score (nSPS) is 13.6. The molecule has 0 heterocycles. The summed E-state index contributed by atoms with van der Waals surface area (Å²) in [4.78, 5) is 0. The summed E-state index contributed by atoms with van der Waals surface area (Å²) in [5.74, 6) is 0. The Morgan fingerprint density at radius 1 is 1.17 bits per heavy atom. The van der Waals surface area contributed by atoms with Crippen molar-refractivity contribution in [2.24, 2.45) is 0 Å². The monoisotopic (exact) mass is 278 g/mol. The van der Waals surface area contributed by atoms with Gasteiger partial charge in [0.2, 0.25) is 0 Å². The summed E-state index contributed by atoms with van der Waals surface area (Å²) >= 11 is 6.05. The molecule has 0 aliphatic heterocycles. The summed E-state index contributed by atoms with van der Waals surface area (Å²) in [5.41, 5.74) is -0.156. The second-order valence-corrected chi connectivity index (χ2v) is 5.05. The molecule has 0 bridgehead atoms. The first kappa shape index (κ1) is 15.4. The molecule has 1 atom stereocenters. The minimum absolute atomic E-state index is 0.0769. The number of rotatable bonds is 6. The van der Waals surface area contributed by atoms with E-state index in [9.17, 15) is 13.2 Å². The molecule has 0 saturated heterocycles. The van der Waals surface area contributed by atoms with Crippen LogP contribution in [0.4, 0.5) is 13.2 Å². The SMILES string of the molecule is CCCC(Cl)CCCc1ccccc1C(F)(F)F. The predicted molar refractivity (Wildman–Crippen MR) is 68.9 cm³/mol. The molecule has 0 radical (unpaired) electrons. The molecule has 0 fully saturated rings. The molecule has 102 valence electrons. The number of alkyl halides is 4. The van der Waals surface area contributed by atoms with Crippen LogP contribution in [-0.4, -0.2) is 5.38 Å². The zero-order valence-electron chi connectivity index (χ0n) is 10.4. The Labute approximate surface area is 111 Å². The van der Waals surface area contributed by atoms with Crippen LogP contribution in [0.2, 0.25) is 0 Å². The smallest absolute Gasteiger partial charge is 0.166 e. The summed E-state index contributed by atoms with van der Waals surface area (Å²) in [5, 5.41) is 0.0769. The summed E-state index contributed by atoms with van der Waals surface area (Å²) in [6.07, 6.45) is -0.443. The first-order chi connectivity index (χ1) is 8.45. The zero-order valence-corrected chi connectivity index (χ0v) is 11.2. The lowest BCUT2D eigenvalue weighted by Crippen LogP contribution is -2.09. The molecule has 0 aliphatic rings. The van der Waals surface area contributed by atoms with Gasteiger partial charge in [-0.05, 0) is 37.3 Å². The van der Waals surface area contributed by atoms with Gasteiger partial charge in [0.1, 0.15) is 0 Å². The fourth-order valence-corrected chi connectivity index (χ4v) is 2.36. The molecule has 0 nitrogen and oxygen atoms in total. The van der Waals surface area contributed by atoms with E-state index in [-0.39, 0.29) is 5.38 Å². The van der Waals surface area contributed by atoms with Gasteiger partial charge in [-0.1, -0.05) is 31.5 Å². The number of benzene rings is 1. The van der Waals surface area contributed by atoms with Crippen LogP contribution in [0.3, 0.4) is 0 Å². The summed E-state index contributed by atoms with van der Waals surface area (Å²) in [6.45, 7) is 2.05. The standard InChI is InChI=1S/C14H18ClF3/c1-2-6-12(15)9-5-8-11-7-3-4-10-13(11)14(16,17)18/h3-4,7,10,12H,2,5-6,8-9H2,1H3. The third-order valence-electron chi connectivity index (χ3n) is 2.89. The minimum atomic E-state index is -4.26. The number of halogens is 4. The lowest BCUT2D eigenvalue weighted by molar-refractivity contribution is -0.138. The van der Waals surface area contributed by atoms with Crippen molar-refractivity contribution in [1.82, 2.24) is 0 Å². The molecule has 1 aromatic rings. The van der Waals surface area contributed by atoms with Gasteiger partial charge in [0.25, 0.3) is 0 Å². The Kier molecular flexibility index (Phi) is 6.00. The Balaban J connectivity index is 2.57. The summed E-state index contributed by atoms with van der Waals surface area (Å²) in [6, 6.07) is 5.76. The van der Waals surface area contributed by atoms with Gasteiger partial charge in [-0.3, -0.25) is 0 Å². The summed E-state index contributed by atoms with van der Waals surface area (Å²) in [7, 11) is 0. The molecule has 0 aliphatic carbocycles. The van der Waals surface area contributed by atoms with Crippen LogP contribution in [0.15, 0.2) is 24.3 Å². The van der Waals surface area contributed by atoms with Crippen molar-refractivity contribution in [3.63, 3.8) is 0 Å². The van der Waals surface area contributed by atoms with Crippen LogP contribution in [-0.2, 0) is 12.6 Å². The molecule has 18 heavy (non-hydrogen) atoms. The number of hydrogen-bond acceptors (Lipinski definition) is 0. The highest BCUT2D eigenvalue weighted by molar-refractivity contribution is 6.20. The molecule has 0 spiro atoms. The zero-order chi connectivity index (χ0) is 13.6. The molecular formula is C14H18ClF3. The minimum Gasteiger partial charge on any atom is -0.166 e. The van der Waals surface area contributed by atoms with Gasteiger partial charge in [0.15, 0.2) is 0 Å². The van der Waals surface area contributed by atoms with Gasteiger partial charge in [-0.15, -0.1) is 11.6 Å². The molecule has 0 aromatic heterocycles. The Morgan fingerprint density at radius 2 is 1.83 bits per heavy atom. The highest BCUT2D eigenvalue weighted by Gasteiger charge is 2.32. The van der Waals surface area contributed by atoms with Crippen molar-refractivity contribution < 1.29 is 13.2 Å². The maximum Gasteiger partial charge on any atom is 0.416 e. The molecule has 4 heteroatoms. The van der Waals surface area contributed by atoms with Crippen LogP contribution in [0, 0.1) is 0 Å². The molecule has 0 saturated carbocycles. The van der Waals surface area contributed by atoms with Crippen molar-refractivity contribution in [1.29, 1.82) is 0 Å². The van der Waals surface area contributed by atoms with Crippen LogP contribution in [0.1, 0.15) is 43.7 Å². The molecule has 0 N–H and O–H groups in total. The third kappa shape index (κ3) is 4.89. The largest absolute Gasteiger partial charge is 0.416 e. The van der Waals surface area contributed by atoms with E-state index in [1.165, 1.54) is 6.07 Å². The quantitative estimate of drug-likeness (QED) is 0.608. The summed E-state index contributed by atoms with van der Waals surface area (Å²) < 4.78 is 38.2. The van der Waals surface area contributed by atoms with E-state index >= 15 is 0 Å². The van der Waals surface area contributed by atoms with E-state index in [4.69, 9.17) is 11.6 Å². The first-order valence-corrected chi connectivity index (χ1v) is 6.68. The van der Waals surface area contributed by atoms with E-state index in [2.05, 4.69) is 0 Å². The van der Waals surface area contributed by atoms with Crippen LogP contribution >= 0.6 is 11.6 Å². The second-order valence-electron chi connectivity index (χ2n) is 4.43. The lowest BCUT2D eigenvalue weighted by atomic mass is 10.0. The van der Waals surface area contributed by atoms with Crippen molar-refractivity contribution in [3.8, 4) is 0 Å². The van der Waals surface area contributed by atoms with E-state index in [1.54, 1.807) is 12.1 Å². The van der Waals surface area contributed by atoms with Crippen LogP contribution < -0.4 is 0 Å². The lowest BCUT2D eigenvalue weighted by Gasteiger charge is -2.13. The second kappa shape index (κ2) is 7.03. The highest BCUT2D eigenvalue weighted by Crippen LogP contribution is 2.32. The molecule has 1 rings (SSSR count). The molecule has 1 unspecified atom stereocenters. The first-order valence-electron chi connectivity index (χ1n) is 6.24. The number of hydrogen-bond donors (Lipinski definition) is 0. The van der Waals surface area contributed by atoms with Gasteiger partial charge < -0.3 is 0 Å². The maximum atomic E-state index is 12.7. The average molecular weight is 279 g/mol. The average Bonchev–Trinajstić information content (AvgIpc) is 2.28. The fraction of sp³-hybridized carbons (Fsp3) is 0.571. The topological polar surface area (TPSA) is 0 Å². The van der Waals surface area contributed by atoms with Crippen molar-refractivity contribution in [2.75, 3.05) is 0 Å². The van der Waals surface area contributed by atoms with E-state index in [0.29, 0.717) is 18.4 Å². The Bertz CT molecular complexity index is 360. The van der Waals surface area contributed by atoms with Crippen molar-refractivity contribution in [3.05, 3.63) is 35.4 Å². The van der Waals surface area contributed by atoms with Crippen molar-refractivity contribution in [2.45, 2.75) is 50.6 Å². The van der Waals surface area contributed by atoms with Gasteiger partial charge in [-0.25, -0.2) is 0 Å². The van der Waals surface area contributed by atoms with Gasteiger partial charge >= 0.3 is 6.18 Å². The Morgan fingerprint density at radius 3 is 2.44 bits per heavy atom. The Hall–Kier alpha value is -0.700. The molecule has 1 aromatic carbocycles. The number of aryl methyl sites for hydroxylation is 1. The van der Waals surface area contributed by atoms with Crippen LogP contribution in [0.5, 0.6) is 0 Å². The molecular weight excluding hydrogens is 261 g/mol. The van der Waals surface area contributed by atoms with Crippen molar-refractivity contribution >= 4 is 11.6 Å². The van der Waals surface area contributed by atoms with Gasteiger partial charge in [0, 0.05) is 5.38 Å². The van der Waals surface area contributed by atoms with E-state index < -0.39 is 11.7 Å². The van der Waals surface area contributed by atoms with Gasteiger partial charge in [0.05, 0.1) is 5.56 Å². The fourth-order valence-electron chi connectivity index (χ4n) is 1.99.